The quantitative estimate of drug-likeness (QED) is 0.617. The van der Waals surface area contributed by atoms with Crippen molar-refractivity contribution in [2.75, 3.05) is 13.1 Å². The molecule has 2 aromatic rings. The Balaban J connectivity index is 1.64. The highest BCUT2D eigenvalue weighted by atomic mass is 35.5. The number of nitrogens with one attached hydrogen (secondary N) is 2. The van der Waals surface area contributed by atoms with Gasteiger partial charge >= 0.3 is 5.97 Å². The third-order valence-corrected chi connectivity index (χ3v) is 5.34. The lowest BCUT2D eigenvalue weighted by Crippen LogP contribution is -2.42. The van der Waals surface area contributed by atoms with Crippen molar-refractivity contribution in [2.45, 2.75) is 31.4 Å². The van der Waals surface area contributed by atoms with Crippen LogP contribution in [0.3, 0.4) is 0 Å². The van der Waals surface area contributed by atoms with Crippen LogP contribution < -0.4 is 15.4 Å². The average Bonchev–Trinajstić information content (AvgIpc) is 2.69. The summed E-state index contributed by atoms with van der Waals surface area (Å²) in [7, 11) is 0. The van der Waals surface area contributed by atoms with Gasteiger partial charge in [0, 0.05) is 13.0 Å². The Labute approximate surface area is 179 Å². The van der Waals surface area contributed by atoms with E-state index in [0.717, 1.165) is 37.2 Å². The standard InChI is InChI=1S/C21H22Cl2N2O4/c22-16-4-1-5-17(23)19(16)20(26)25-18(21(27)28)11-13-6-8-14(9-7-13)29-15-3-2-10-24-12-15/h1,4-9,15,18,24H,2-3,10-12H2,(H,25,26)(H,27,28)/t15-,18+/m1/s1. The predicted octanol–water partition coefficient (Wildman–Crippen LogP) is 3.55. The second-order valence-corrected chi connectivity index (χ2v) is 7.71. The Kier molecular flexibility index (Phi) is 7.36. The van der Waals surface area contributed by atoms with Gasteiger partial charge in [0.25, 0.3) is 5.91 Å². The monoisotopic (exact) mass is 436 g/mol. The molecule has 1 heterocycles. The van der Waals surface area contributed by atoms with Gasteiger partial charge in [0.15, 0.2) is 0 Å². The van der Waals surface area contributed by atoms with E-state index in [1.165, 1.54) is 12.1 Å². The molecule has 0 unspecified atom stereocenters. The molecule has 154 valence electrons. The third-order valence-electron chi connectivity index (χ3n) is 4.71. The largest absolute Gasteiger partial charge is 0.489 e. The smallest absolute Gasteiger partial charge is 0.326 e. The van der Waals surface area contributed by atoms with Gasteiger partial charge in [-0.05, 0) is 49.2 Å². The predicted molar refractivity (Wildman–Crippen MR) is 112 cm³/mol. The summed E-state index contributed by atoms with van der Waals surface area (Å²) in [5.41, 5.74) is 0.823. The van der Waals surface area contributed by atoms with E-state index in [4.69, 9.17) is 27.9 Å². The molecule has 2 atom stereocenters. The maximum atomic E-state index is 12.5. The molecule has 0 aliphatic carbocycles. The molecule has 1 aliphatic rings. The number of rotatable bonds is 7. The van der Waals surface area contributed by atoms with Gasteiger partial charge in [0.1, 0.15) is 17.9 Å². The number of carbonyl (C=O) groups excluding carboxylic acids is 1. The second kappa shape index (κ2) is 9.96. The summed E-state index contributed by atoms with van der Waals surface area (Å²) in [5.74, 6) is -1.03. The Morgan fingerprint density at radius 3 is 2.45 bits per heavy atom. The summed E-state index contributed by atoms with van der Waals surface area (Å²) in [5, 5.41) is 15.6. The minimum absolute atomic E-state index is 0.0620. The summed E-state index contributed by atoms with van der Waals surface area (Å²) in [6, 6.07) is 10.8. The SMILES string of the molecule is O=C(N[C@@H](Cc1ccc(O[C@@H]2CCCNC2)cc1)C(=O)O)c1c(Cl)cccc1Cl. The van der Waals surface area contributed by atoms with Crippen molar-refractivity contribution in [3.63, 3.8) is 0 Å². The number of ether oxygens (including phenoxy) is 1. The Bertz CT molecular complexity index is 847. The Hall–Kier alpha value is -2.28. The van der Waals surface area contributed by atoms with Crippen molar-refractivity contribution in [1.29, 1.82) is 0 Å². The molecular weight excluding hydrogens is 415 g/mol. The summed E-state index contributed by atoms with van der Waals surface area (Å²) in [4.78, 5) is 24.2. The lowest BCUT2D eigenvalue weighted by Gasteiger charge is -2.24. The molecule has 3 rings (SSSR count). The zero-order chi connectivity index (χ0) is 20.8. The van der Waals surface area contributed by atoms with Crippen molar-refractivity contribution in [1.82, 2.24) is 10.6 Å². The van der Waals surface area contributed by atoms with E-state index in [1.807, 2.05) is 12.1 Å². The summed E-state index contributed by atoms with van der Waals surface area (Å²) in [6.45, 7) is 1.83. The fourth-order valence-corrected chi connectivity index (χ4v) is 3.77. The lowest BCUT2D eigenvalue weighted by atomic mass is 10.0. The molecule has 1 fully saturated rings. The van der Waals surface area contributed by atoms with Crippen LogP contribution in [-0.2, 0) is 11.2 Å². The highest BCUT2D eigenvalue weighted by molar-refractivity contribution is 6.39. The first-order chi connectivity index (χ1) is 13.9. The molecule has 8 heteroatoms. The summed E-state index contributed by atoms with van der Waals surface area (Å²) >= 11 is 12.1. The maximum absolute atomic E-state index is 12.5. The summed E-state index contributed by atoms with van der Waals surface area (Å²) in [6.07, 6.45) is 2.35. The number of benzene rings is 2. The van der Waals surface area contributed by atoms with Crippen LogP contribution in [0.2, 0.25) is 10.0 Å². The van der Waals surface area contributed by atoms with E-state index in [2.05, 4.69) is 10.6 Å². The van der Waals surface area contributed by atoms with Gasteiger partial charge in [-0.15, -0.1) is 0 Å². The van der Waals surface area contributed by atoms with Crippen LogP contribution in [0.4, 0.5) is 0 Å². The fraction of sp³-hybridized carbons (Fsp3) is 0.333. The van der Waals surface area contributed by atoms with E-state index in [9.17, 15) is 14.7 Å². The number of carboxylic acid groups (broad SMARTS) is 1. The summed E-state index contributed by atoms with van der Waals surface area (Å²) < 4.78 is 5.93. The van der Waals surface area contributed by atoms with Crippen molar-refractivity contribution in [3.8, 4) is 5.75 Å². The number of piperidine rings is 1. The molecule has 3 N–H and O–H groups in total. The minimum atomic E-state index is -1.14. The van der Waals surface area contributed by atoms with E-state index in [-0.39, 0.29) is 28.1 Å². The zero-order valence-electron chi connectivity index (χ0n) is 15.7. The van der Waals surface area contributed by atoms with Gasteiger partial charge in [-0.2, -0.15) is 0 Å². The van der Waals surface area contributed by atoms with E-state index >= 15 is 0 Å². The number of hydrogen-bond acceptors (Lipinski definition) is 4. The average molecular weight is 437 g/mol. The molecule has 1 aliphatic heterocycles. The minimum Gasteiger partial charge on any atom is -0.489 e. The Morgan fingerprint density at radius 2 is 1.86 bits per heavy atom. The highest BCUT2D eigenvalue weighted by Gasteiger charge is 2.24. The van der Waals surface area contributed by atoms with E-state index < -0.39 is 17.9 Å². The van der Waals surface area contributed by atoms with Gasteiger partial charge in [-0.3, -0.25) is 4.79 Å². The fourth-order valence-electron chi connectivity index (χ4n) is 3.20. The molecule has 0 spiro atoms. The number of amides is 1. The van der Waals surface area contributed by atoms with Crippen LogP contribution >= 0.6 is 23.2 Å². The van der Waals surface area contributed by atoms with Gasteiger partial charge in [0.2, 0.25) is 0 Å². The first-order valence-electron chi connectivity index (χ1n) is 9.38. The van der Waals surface area contributed by atoms with Crippen LogP contribution in [0.1, 0.15) is 28.8 Å². The van der Waals surface area contributed by atoms with Crippen molar-refractivity contribution < 1.29 is 19.4 Å². The van der Waals surface area contributed by atoms with Crippen LogP contribution in [-0.4, -0.2) is 42.2 Å². The van der Waals surface area contributed by atoms with Gasteiger partial charge in [-0.1, -0.05) is 41.4 Å². The normalized spacial score (nSPS) is 17.4. The molecule has 0 aromatic heterocycles. The number of carboxylic acids is 1. The molecular formula is C21H22Cl2N2O4. The van der Waals surface area contributed by atoms with E-state index in [1.54, 1.807) is 18.2 Å². The van der Waals surface area contributed by atoms with Gasteiger partial charge in [0.05, 0.1) is 15.6 Å². The van der Waals surface area contributed by atoms with Crippen molar-refractivity contribution >= 4 is 35.1 Å². The third kappa shape index (κ3) is 5.85. The van der Waals surface area contributed by atoms with Crippen molar-refractivity contribution in [3.05, 3.63) is 63.6 Å². The molecule has 6 nitrogen and oxygen atoms in total. The number of hydrogen-bond donors (Lipinski definition) is 3. The molecule has 0 bridgehead atoms. The maximum Gasteiger partial charge on any atom is 0.326 e. The lowest BCUT2D eigenvalue weighted by molar-refractivity contribution is -0.139. The van der Waals surface area contributed by atoms with Gasteiger partial charge < -0.3 is 20.5 Å². The molecule has 29 heavy (non-hydrogen) atoms. The zero-order valence-corrected chi connectivity index (χ0v) is 17.2. The topological polar surface area (TPSA) is 87.7 Å². The van der Waals surface area contributed by atoms with Crippen LogP contribution in [0, 0.1) is 0 Å². The van der Waals surface area contributed by atoms with Gasteiger partial charge in [-0.25, -0.2) is 4.79 Å². The first kappa shape index (κ1) is 21.4. The molecule has 0 radical (unpaired) electrons. The number of aliphatic carboxylic acids is 1. The Morgan fingerprint density at radius 1 is 1.17 bits per heavy atom. The van der Waals surface area contributed by atoms with Crippen LogP contribution in [0.15, 0.2) is 42.5 Å². The first-order valence-corrected chi connectivity index (χ1v) is 10.1. The number of halogens is 2. The second-order valence-electron chi connectivity index (χ2n) is 6.90. The number of carbonyl (C=O) groups is 2. The molecule has 1 amide bonds. The van der Waals surface area contributed by atoms with Crippen LogP contribution in [0.25, 0.3) is 0 Å². The van der Waals surface area contributed by atoms with E-state index in [0.29, 0.717) is 0 Å². The van der Waals surface area contributed by atoms with Crippen molar-refractivity contribution in [2.24, 2.45) is 0 Å². The molecule has 0 saturated carbocycles. The highest BCUT2D eigenvalue weighted by Crippen LogP contribution is 2.24. The molecule has 1 saturated heterocycles. The van der Waals surface area contributed by atoms with Crippen LogP contribution in [0.5, 0.6) is 5.75 Å². The molecule has 2 aromatic carbocycles.